The molecule has 4 atom stereocenters. The van der Waals surface area contributed by atoms with Gasteiger partial charge >= 0.3 is 6.36 Å². The summed E-state index contributed by atoms with van der Waals surface area (Å²) in [6, 6.07) is 1.11. The van der Waals surface area contributed by atoms with E-state index < -0.39 is 35.7 Å². The molecule has 0 amide bonds. The molecule has 6 nitrogen and oxygen atoms in total. The average Bonchev–Trinajstić information content (AvgIpc) is 3.03. The monoisotopic (exact) mass is 414 g/mol. The summed E-state index contributed by atoms with van der Waals surface area (Å²) >= 11 is 0. The summed E-state index contributed by atoms with van der Waals surface area (Å²) in [5.41, 5.74) is 5.65. The number of fused-ring (bicyclic) bond motifs is 1. The van der Waals surface area contributed by atoms with Gasteiger partial charge in [0, 0.05) is 30.3 Å². The SMILES string of the molecule is CC(C)[C@H](O)c1nc(-c2cnc(N)c(OC(F)(F)F)c2)cn1C12CCC1C(F)C2. The molecule has 2 heterocycles. The Kier molecular flexibility index (Phi) is 4.52. The summed E-state index contributed by atoms with van der Waals surface area (Å²) in [4.78, 5) is 8.26. The van der Waals surface area contributed by atoms with Crippen LogP contribution in [0.3, 0.4) is 0 Å². The number of nitrogen functional groups attached to an aromatic ring is 1. The molecule has 0 spiro atoms. The number of hydrogen-bond donors (Lipinski definition) is 2. The molecule has 0 bridgehead atoms. The number of nitrogens with two attached hydrogens (primary N) is 1. The summed E-state index contributed by atoms with van der Waals surface area (Å²) in [6.45, 7) is 3.66. The quantitative estimate of drug-likeness (QED) is 0.724. The van der Waals surface area contributed by atoms with Crippen molar-refractivity contribution in [1.29, 1.82) is 0 Å². The molecular formula is C19H22F4N4O2. The first kappa shape index (κ1) is 19.9. The lowest BCUT2D eigenvalue weighted by atomic mass is 9.52. The number of aliphatic hydroxyl groups excluding tert-OH is 1. The van der Waals surface area contributed by atoms with Crippen molar-refractivity contribution in [3.05, 3.63) is 24.3 Å². The molecule has 29 heavy (non-hydrogen) atoms. The molecule has 2 saturated carbocycles. The molecule has 2 fully saturated rings. The van der Waals surface area contributed by atoms with Crippen molar-refractivity contribution in [2.24, 2.45) is 11.8 Å². The Labute approximate surface area is 164 Å². The highest BCUT2D eigenvalue weighted by molar-refractivity contribution is 5.64. The molecule has 0 radical (unpaired) electrons. The largest absolute Gasteiger partial charge is 0.573 e. The molecule has 2 aromatic heterocycles. The van der Waals surface area contributed by atoms with Crippen molar-refractivity contribution >= 4 is 5.82 Å². The highest BCUT2D eigenvalue weighted by atomic mass is 19.4. The molecule has 10 heteroatoms. The maximum atomic E-state index is 14.0. The highest BCUT2D eigenvalue weighted by Gasteiger charge is 2.62. The van der Waals surface area contributed by atoms with Crippen molar-refractivity contribution in [2.75, 3.05) is 5.73 Å². The summed E-state index contributed by atoms with van der Waals surface area (Å²) in [7, 11) is 0. The molecule has 2 aromatic rings. The Hall–Kier alpha value is -2.36. The molecular weight excluding hydrogens is 392 g/mol. The van der Waals surface area contributed by atoms with Gasteiger partial charge in [-0.3, -0.25) is 0 Å². The van der Waals surface area contributed by atoms with Crippen LogP contribution in [0.2, 0.25) is 0 Å². The van der Waals surface area contributed by atoms with Gasteiger partial charge < -0.3 is 20.1 Å². The predicted molar refractivity (Wildman–Crippen MR) is 96.6 cm³/mol. The van der Waals surface area contributed by atoms with Gasteiger partial charge in [0.1, 0.15) is 18.1 Å². The lowest BCUT2D eigenvalue weighted by Gasteiger charge is -2.61. The smallest absolute Gasteiger partial charge is 0.402 e. The Morgan fingerprint density at radius 3 is 2.62 bits per heavy atom. The second-order valence-corrected chi connectivity index (χ2v) is 8.17. The number of halogens is 4. The fraction of sp³-hybridized carbons (Fsp3) is 0.579. The van der Waals surface area contributed by atoms with Crippen LogP contribution >= 0.6 is 0 Å². The van der Waals surface area contributed by atoms with E-state index in [0.717, 1.165) is 18.9 Å². The van der Waals surface area contributed by atoms with E-state index >= 15 is 0 Å². The molecule has 4 rings (SSSR count). The molecule has 3 unspecified atom stereocenters. The van der Waals surface area contributed by atoms with Crippen LogP contribution in [-0.2, 0) is 5.54 Å². The van der Waals surface area contributed by atoms with E-state index in [0.29, 0.717) is 17.9 Å². The summed E-state index contributed by atoms with van der Waals surface area (Å²) < 4.78 is 57.6. The fourth-order valence-electron chi connectivity index (χ4n) is 4.33. The van der Waals surface area contributed by atoms with Gasteiger partial charge in [0.05, 0.1) is 11.2 Å². The number of rotatable bonds is 5. The second kappa shape index (κ2) is 6.58. The standard InChI is InChI=1S/C19H22F4N4O2/c1-9(2)15(28)17-26-13(8-27(17)18-4-3-11(18)12(20)6-18)10-5-14(16(24)25-7-10)29-19(21,22)23/h5,7-9,11-12,15,28H,3-4,6H2,1-2H3,(H2,24,25)/t11?,12?,15-,18?/m0/s1. The number of anilines is 1. The zero-order valence-electron chi connectivity index (χ0n) is 15.9. The van der Waals surface area contributed by atoms with E-state index in [9.17, 15) is 22.7 Å². The Balaban J connectivity index is 1.76. The Morgan fingerprint density at radius 2 is 2.10 bits per heavy atom. The van der Waals surface area contributed by atoms with Gasteiger partial charge in [0.15, 0.2) is 11.6 Å². The maximum absolute atomic E-state index is 14.0. The molecule has 3 N–H and O–H groups in total. The Morgan fingerprint density at radius 1 is 1.38 bits per heavy atom. The normalized spacial score (nSPS) is 27.2. The van der Waals surface area contributed by atoms with Gasteiger partial charge in [-0.1, -0.05) is 13.8 Å². The summed E-state index contributed by atoms with van der Waals surface area (Å²) in [5, 5.41) is 10.7. The third-order valence-corrected chi connectivity index (χ3v) is 6.08. The molecule has 0 aliphatic heterocycles. The number of alkyl halides is 4. The zero-order valence-corrected chi connectivity index (χ0v) is 15.9. The van der Waals surface area contributed by atoms with E-state index in [1.807, 2.05) is 18.4 Å². The van der Waals surface area contributed by atoms with E-state index in [1.54, 1.807) is 6.20 Å². The topological polar surface area (TPSA) is 86.2 Å². The van der Waals surface area contributed by atoms with Crippen molar-refractivity contribution in [2.45, 2.75) is 57.3 Å². The van der Waals surface area contributed by atoms with Crippen LogP contribution in [0, 0.1) is 11.8 Å². The third kappa shape index (κ3) is 3.23. The summed E-state index contributed by atoms with van der Waals surface area (Å²) in [5.74, 6) is -0.917. The van der Waals surface area contributed by atoms with E-state index in [-0.39, 0.29) is 17.4 Å². The molecule has 158 valence electrons. The zero-order chi connectivity index (χ0) is 21.1. The number of ether oxygens (including phenoxy) is 1. The van der Waals surface area contributed by atoms with Gasteiger partial charge in [0.2, 0.25) is 0 Å². The van der Waals surface area contributed by atoms with Crippen molar-refractivity contribution < 1.29 is 27.4 Å². The van der Waals surface area contributed by atoms with Gasteiger partial charge in [0.25, 0.3) is 0 Å². The number of aliphatic hydroxyl groups is 1. The van der Waals surface area contributed by atoms with E-state index in [2.05, 4.69) is 14.7 Å². The van der Waals surface area contributed by atoms with Gasteiger partial charge in [-0.05, 0) is 24.8 Å². The van der Waals surface area contributed by atoms with Crippen LogP contribution in [0.25, 0.3) is 11.3 Å². The number of imidazole rings is 1. The van der Waals surface area contributed by atoms with Crippen LogP contribution < -0.4 is 10.5 Å². The average molecular weight is 414 g/mol. The number of pyridine rings is 1. The van der Waals surface area contributed by atoms with Crippen LogP contribution in [0.15, 0.2) is 18.5 Å². The number of nitrogens with zero attached hydrogens (tertiary/aromatic N) is 3. The fourth-order valence-corrected chi connectivity index (χ4v) is 4.33. The first-order valence-corrected chi connectivity index (χ1v) is 9.45. The molecule has 2 aliphatic carbocycles. The van der Waals surface area contributed by atoms with Crippen molar-refractivity contribution in [1.82, 2.24) is 14.5 Å². The minimum atomic E-state index is -4.91. The predicted octanol–water partition coefficient (Wildman–Crippen LogP) is 3.96. The minimum Gasteiger partial charge on any atom is -0.402 e. The van der Waals surface area contributed by atoms with Gasteiger partial charge in [-0.15, -0.1) is 13.2 Å². The lowest BCUT2D eigenvalue weighted by Crippen LogP contribution is -2.63. The minimum absolute atomic E-state index is 0.128. The van der Waals surface area contributed by atoms with Gasteiger partial charge in [-0.25, -0.2) is 14.4 Å². The van der Waals surface area contributed by atoms with Crippen LogP contribution in [0.4, 0.5) is 23.4 Å². The first-order chi connectivity index (χ1) is 13.5. The lowest BCUT2D eigenvalue weighted by molar-refractivity contribution is -0.274. The van der Waals surface area contributed by atoms with Crippen LogP contribution in [0.5, 0.6) is 5.75 Å². The first-order valence-electron chi connectivity index (χ1n) is 9.45. The van der Waals surface area contributed by atoms with E-state index in [4.69, 9.17) is 5.73 Å². The molecule has 2 aliphatic rings. The Bertz CT molecular complexity index is 929. The van der Waals surface area contributed by atoms with E-state index in [1.165, 1.54) is 6.20 Å². The van der Waals surface area contributed by atoms with Crippen LogP contribution in [0.1, 0.15) is 45.0 Å². The number of hydrogen-bond acceptors (Lipinski definition) is 5. The third-order valence-electron chi connectivity index (χ3n) is 6.08. The molecule has 0 saturated heterocycles. The summed E-state index contributed by atoms with van der Waals surface area (Å²) in [6.07, 6.45) is -1.86. The number of aromatic nitrogens is 3. The van der Waals surface area contributed by atoms with Crippen molar-refractivity contribution in [3.8, 4) is 17.0 Å². The van der Waals surface area contributed by atoms with Crippen LogP contribution in [-0.4, -0.2) is 32.2 Å². The maximum Gasteiger partial charge on any atom is 0.573 e. The highest BCUT2D eigenvalue weighted by Crippen LogP contribution is 2.61. The van der Waals surface area contributed by atoms with Crippen molar-refractivity contribution in [3.63, 3.8) is 0 Å². The van der Waals surface area contributed by atoms with Gasteiger partial charge in [-0.2, -0.15) is 0 Å². The second-order valence-electron chi connectivity index (χ2n) is 8.17. The molecule has 0 aromatic carbocycles.